The van der Waals surface area contributed by atoms with Gasteiger partial charge in [0.2, 0.25) is 5.91 Å². The Morgan fingerprint density at radius 2 is 1.81 bits per heavy atom. The van der Waals surface area contributed by atoms with Crippen LogP contribution >= 0.6 is 0 Å². The van der Waals surface area contributed by atoms with Crippen LogP contribution in [0.1, 0.15) is 50.6 Å². The summed E-state index contributed by atoms with van der Waals surface area (Å²) in [5, 5.41) is 10.0. The summed E-state index contributed by atoms with van der Waals surface area (Å²) in [5.41, 5.74) is -0.0500. The molecule has 2 aliphatic heterocycles. The predicted molar refractivity (Wildman–Crippen MR) is 103 cm³/mol. The van der Waals surface area contributed by atoms with Crippen molar-refractivity contribution in [3.05, 3.63) is 29.8 Å². The maximum atomic E-state index is 13.4. The first-order valence-electron chi connectivity index (χ1n) is 9.83. The molecule has 1 aromatic rings. The molecule has 1 aromatic carbocycles. The number of carboxylic acid groups (broad SMARTS) is 1. The van der Waals surface area contributed by atoms with E-state index in [1.807, 2.05) is 48.0 Å². The smallest absolute Gasteiger partial charge is 0.324 e. The van der Waals surface area contributed by atoms with E-state index in [1.54, 1.807) is 7.11 Å². The second kappa shape index (κ2) is 7.89. The fourth-order valence-electron chi connectivity index (χ4n) is 4.77. The summed E-state index contributed by atoms with van der Waals surface area (Å²) in [4.78, 5) is 29.4. The molecule has 0 unspecified atom stereocenters. The normalized spacial score (nSPS) is 28.9. The Bertz CT molecular complexity index is 684. The number of hydrogen-bond donors (Lipinski definition) is 1. The number of carboxylic acids is 1. The van der Waals surface area contributed by atoms with Crippen LogP contribution in [-0.2, 0) is 9.59 Å². The Balaban J connectivity index is 1.98. The van der Waals surface area contributed by atoms with E-state index < -0.39 is 11.5 Å². The quantitative estimate of drug-likeness (QED) is 0.858. The molecule has 3 atom stereocenters. The molecule has 2 saturated heterocycles. The zero-order valence-corrected chi connectivity index (χ0v) is 16.5. The van der Waals surface area contributed by atoms with Crippen LogP contribution in [0.2, 0.25) is 0 Å². The van der Waals surface area contributed by atoms with Crippen LogP contribution in [-0.4, -0.2) is 59.6 Å². The van der Waals surface area contributed by atoms with Gasteiger partial charge >= 0.3 is 5.97 Å². The molecule has 0 bridgehead atoms. The third-order valence-electron chi connectivity index (χ3n) is 6.46. The fraction of sp³-hybridized carbons (Fsp3) is 0.619. The molecule has 2 fully saturated rings. The van der Waals surface area contributed by atoms with Crippen molar-refractivity contribution in [1.82, 2.24) is 9.80 Å². The van der Waals surface area contributed by atoms with Gasteiger partial charge in [0, 0.05) is 19.1 Å². The van der Waals surface area contributed by atoms with Crippen LogP contribution in [0.15, 0.2) is 24.3 Å². The highest BCUT2D eigenvalue weighted by molar-refractivity contribution is 5.85. The standard InChI is InChI=1S/C21H30N2O4/c1-4-21(20(25)26)14-17(19(24)23-12-6-5-7-13-23)18(22(21)2)15-8-10-16(27-3)11-9-15/h8-11,17-18H,4-7,12-14H2,1-3H3,(H,25,26)/t17-,18-,21-/m0/s1. The number of nitrogens with zero attached hydrogens (tertiary/aromatic N) is 2. The summed E-state index contributed by atoms with van der Waals surface area (Å²) < 4.78 is 5.25. The molecule has 0 aliphatic carbocycles. The number of amides is 1. The van der Waals surface area contributed by atoms with E-state index in [0.717, 1.165) is 43.7 Å². The minimum atomic E-state index is -1.01. The Kier molecular flexibility index (Phi) is 5.75. The molecule has 2 heterocycles. The van der Waals surface area contributed by atoms with E-state index in [9.17, 15) is 14.7 Å². The van der Waals surface area contributed by atoms with Gasteiger partial charge in [-0.2, -0.15) is 0 Å². The van der Waals surface area contributed by atoms with Gasteiger partial charge in [-0.25, -0.2) is 0 Å². The number of likely N-dealkylation sites (tertiary alicyclic amines) is 2. The molecule has 3 rings (SSSR count). The second-order valence-corrected chi connectivity index (χ2v) is 7.72. The maximum Gasteiger partial charge on any atom is 0.324 e. The number of carbonyl (C=O) groups is 2. The number of piperidine rings is 1. The first-order chi connectivity index (χ1) is 12.9. The van der Waals surface area contributed by atoms with Crippen molar-refractivity contribution < 1.29 is 19.4 Å². The number of hydrogen-bond acceptors (Lipinski definition) is 4. The number of ether oxygens (including phenoxy) is 1. The number of methoxy groups -OCH3 is 1. The van der Waals surface area contributed by atoms with Crippen molar-refractivity contribution in [2.24, 2.45) is 5.92 Å². The molecule has 6 heteroatoms. The second-order valence-electron chi connectivity index (χ2n) is 7.72. The first kappa shape index (κ1) is 19.7. The van der Waals surface area contributed by atoms with Gasteiger partial charge in [0.15, 0.2) is 0 Å². The van der Waals surface area contributed by atoms with Crippen LogP contribution in [0.4, 0.5) is 0 Å². The van der Waals surface area contributed by atoms with Gasteiger partial charge in [-0.05, 0) is 56.8 Å². The molecule has 0 aromatic heterocycles. The lowest BCUT2D eigenvalue weighted by molar-refractivity contribution is -0.150. The number of aliphatic carboxylic acids is 1. The predicted octanol–water partition coefficient (Wildman–Crippen LogP) is 2.93. The molecule has 1 amide bonds. The highest BCUT2D eigenvalue weighted by Gasteiger charge is 2.56. The molecule has 148 valence electrons. The largest absolute Gasteiger partial charge is 0.497 e. The van der Waals surface area contributed by atoms with E-state index in [-0.39, 0.29) is 17.9 Å². The van der Waals surface area contributed by atoms with Crippen LogP contribution in [0.25, 0.3) is 0 Å². The molecule has 0 radical (unpaired) electrons. The minimum Gasteiger partial charge on any atom is -0.497 e. The average Bonchev–Trinajstić information content (AvgIpc) is 3.01. The third-order valence-corrected chi connectivity index (χ3v) is 6.46. The first-order valence-corrected chi connectivity index (χ1v) is 9.83. The van der Waals surface area contributed by atoms with E-state index >= 15 is 0 Å². The summed E-state index contributed by atoms with van der Waals surface area (Å²) in [6, 6.07) is 7.39. The Morgan fingerprint density at radius 1 is 1.19 bits per heavy atom. The Hall–Kier alpha value is -2.08. The fourth-order valence-corrected chi connectivity index (χ4v) is 4.77. The highest BCUT2D eigenvalue weighted by atomic mass is 16.5. The lowest BCUT2D eigenvalue weighted by Gasteiger charge is -2.35. The summed E-state index contributed by atoms with van der Waals surface area (Å²) in [6.45, 7) is 3.45. The number of carbonyl (C=O) groups excluding carboxylic acids is 1. The van der Waals surface area contributed by atoms with Gasteiger partial charge in [0.25, 0.3) is 0 Å². The highest BCUT2D eigenvalue weighted by Crippen LogP contribution is 2.48. The van der Waals surface area contributed by atoms with Crippen LogP contribution in [0.3, 0.4) is 0 Å². The molecule has 6 nitrogen and oxygen atoms in total. The summed E-state index contributed by atoms with van der Waals surface area (Å²) >= 11 is 0. The van der Waals surface area contributed by atoms with Crippen molar-refractivity contribution in [3.8, 4) is 5.75 Å². The Morgan fingerprint density at radius 3 is 2.33 bits per heavy atom. The molecule has 2 aliphatic rings. The number of benzene rings is 1. The van der Waals surface area contributed by atoms with Gasteiger partial charge < -0.3 is 14.7 Å². The monoisotopic (exact) mass is 374 g/mol. The molecular formula is C21H30N2O4. The molecule has 1 N–H and O–H groups in total. The Labute approximate surface area is 161 Å². The zero-order valence-electron chi connectivity index (χ0n) is 16.5. The minimum absolute atomic E-state index is 0.0962. The van der Waals surface area contributed by atoms with Gasteiger partial charge in [0.1, 0.15) is 11.3 Å². The molecule has 27 heavy (non-hydrogen) atoms. The van der Waals surface area contributed by atoms with Crippen molar-refractivity contribution in [2.45, 2.75) is 50.6 Å². The van der Waals surface area contributed by atoms with E-state index in [2.05, 4.69) is 0 Å². The van der Waals surface area contributed by atoms with E-state index in [4.69, 9.17) is 4.74 Å². The van der Waals surface area contributed by atoms with Crippen molar-refractivity contribution in [1.29, 1.82) is 0 Å². The third kappa shape index (κ3) is 3.43. The maximum absolute atomic E-state index is 13.4. The van der Waals surface area contributed by atoms with Crippen molar-refractivity contribution in [2.75, 3.05) is 27.2 Å². The summed E-state index contributed by atoms with van der Waals surface area (Å²) in [5.74, 6) is -0.352. The van der Waals surface area contributed by atoms with Crippen molar-refractivity contribution in [3.63, 3.8) is 0 Å². The SMILES string of the molecule is CC[C@@]1(C(=O)O)C[C@H](C(=O)N2CCCCC2)[C@H](c2ccc(OC)cc2)N1C. The van der Waals surface area contributed by atoms with Gasteiger partial charge in [-0.1, -0.05) is 19.1 Å². The summed E-state index contributed by atoms with van der Waals surface area (Å²) in [6.07, 6.45) is 4.03. The van der Waals surface area contributed by atoms with Gasteiger partial charge in [0.05, 0.1) is 13.0 Å². The van der Waals surface area contributed by atoms with Gasteiger partial charge in [-0.3, -0.25) is 14.5 Å². The molecule has 0 saturated carbocycles. The van der Waals surface area contributed by atoms with E-state index in [1.165, 1.54) is 0 Å². The average molecular weight is 374 g/mol. The molecule has 0 spiro atoms. The number of rotatable bonds is 5. The lowest BCUT2D eigenvalue weighted by atomic mass is 9.86. The zero-order chi connectivity index (χ0) is 19.6. The van der Waals surface area contributed by atoms with Crippen LogP contribution in [0.5, 0.6) is 5.75 Å². The van der Waals surface area contributed by atoms with Crippen LogP contribution < -0.4 is 4.74 Å². The topological polar surface area (TPSA) is 70.1 Å². The number of likely N-dealkylation sites (N-methyl/N-ethyl adjacent to an activating group) is 1. The van der Waals surface area contributed by atoms with Crippen molar-refractivity contribution >= 4 is 11.9 Å². The molecular weight excluding hydrogens is 344 g/mol. The van der Waals surface area contributed by atoms with Gasteiger partial charge in [-0.15, -0.1) is 0 Å². The van der Waals surface area contributed by atoms with Crippen LogP contribution in [0, 0.1) is 5.92 Å². The summed E-state index contributed by atoms with van der Waals surface area (Å²) in [7, 11) is 3.46. The van der Waals surface area contributed by atoms with E-state index in [0.29, 0.717) is 12.8 Å². The lowest BCUT2D eigenvalue weighted by Crippen LogP contribution is -2.48.